The summed E-state index contributed by atoms with van der Waals surface area (Å²) in [7, 11) is 1.57. The molecule has 0 bridgehead atoms. The molecule has 0 saturated carbocycles. The van der Waals surface area contributed by atoms with Gasteiger partial charge >= 0.3 is 0 Å². The van der Waals surface area contributed by atoms with Gasteiger partial charge in [-0.25, -0.2) is 4.98 Å². The Hall–Kier alpha value is -2.28. The van der Waals surface area contributed by atoms with Crippen LogP contribution in [0.3, 0.4) is 0 Å². The summed E-state index contributed by atoms with van der Waals surface area (Å²) in [5, 5.41) is 3.70. The Morgan fingerprint density at radius 3 is 2.85 bits per heavy atom. The number of amides is 1. The number of ether oxygens (including phenoxy) is 2. The predicted molar refractivity (Wildman–Crippen MR) is 78.4 cm³/mol. The van der Waals surface area contributed by atoms with Gasteiger partial charge in [0.15, 0.2) is 11.7 Å². The van der Waals surface area contributed by atoms with E-state index in [-0.39, 0.29) is 12.5 Å². The highest BCUT2D eigenvalue weighted by atomic mass is 32.1. The SMILES string of the molecule is COc1cccc(OCC(=O)Nc2nc(C)c(N)s2)c1. The second-order valence-electron chi connectivity index (χ2n) is 3.98. The number of hydrogen-bond acceptors (Lipinski definition) is 6. The molecule has 0 spiro atoms. The zero-order chi connectivity index (χ0) is 14.5. The summed E-state index contributed by atoms with van der Waals surface area (Å²) < 4.78 is 10.4. The number of hydrogen-bond donors (Lipinski definition) is 2. The fourth-order valence-corrected chi connectivity index (χ4v) is 2.21. The number of nitrogens with two attached hydrogens (primary N) is 1. The standard InChI is InChI=1S/C13H15N3O3S/c1-8-12(14)20-13(15-8)16-11(17)7-19-10-5-3-4-9(6-10)18-2/h3-6H,7,14H2,1-2H3,(H,15,16,17). The van der Waals surface area contributed by atoms with E-state index in [4.69, 9.17) is 15.2 Å². The number of aryl methyl sites for hydroxylation is 1. The third kappa shape index (κ3) is 3.61. The van der Waals surface area contributed by atoms with Crippen molar-refractivity contribution in [1.82, 2.24) is 4.98 Å². The average Bonchev–Trinajstić information content (AvgIpc) is 2.75. The van der Waals surface area contributed by atoms with Gasteiger partial charge in [-0.3, -0.25) is 10.1 Å². The first-order valence-electron chi connectivity index (χ1n) is 5.88. The van der Waals surface area contributed by atoms with Crippen LogP contribution >= 0.6 is 11.3 Å². The molecule has 0 aliphatic carbocycles. The molecule has 0 atom stereocenters. The van der Waals surface area contributed by atoms with Crippen molar-refractivity contribution in [2.45, 2.75) is 6.92 Å². The number of nitrogen functional groups attached to an aromatic ring is 1. The summed E-state index contributed by atoms with van der Waals surface area (Å²) in [5.41, 5.74) is 6.38. The van der Waals surface area contributed by atoms with Crippen LogP contribution in [0.1, 0.15) is 5.69 Å². The molecule has 6 nitrogen and oxygen atoms in total. The molecule has 3 N–H and O–H groups in total. The van der Waals surface area contributed by atoms with Crippen molar-refractivity contribution in [3.8, 4) is 11.5 Å². The summed E-state index contributed by atoms with van der Waals surface area (Å²) in [6.07, 6.45) is 0. The summed E-state index contributed by atoms with van der Waals surface area (Å²) in [6.45, 7) is 1.68. The maximum atomic E-state index is 11.7. The van der Waals surface area contributed by atoms with Crippen LogP contribution in [-0.2, 0) is 4.79 Å². The number of carbonyl (C=O) groups excluding carboxylic acids is 1. The largest absolute Gasteiger partial charge is 0.497 e. The number of nitrogens with one attached hydrogen (secondary N) is 1. The summed E-state index contributed by atoms with van der Waals surface area (Å²) in [6, 6.07) is 7.05. The molecule has 0 aliphatic heterocycles. The molecule has 0 radical (unpaired) electrons. The highest BCUT2D eigenvalue weighted by Gasteiger charge is 2.09. The van der Waals surface area contributed by atoms with Gasteiger partial charge in [-0.05, 0) is 19.1 Å². The minimum absolute atomic E-state index is 0.105. The molecule has 2 aromatic rings. The second-order valence-corrected chi connectivity index (χ2v) is 5.02. The van der Waals surface area contributed by atoms with E-state index in [1.807, 2.05) is 0 Å². The summed E-state index contributed by atoms with van der Waals surface area (Å²) in [5.74, 6) is 0.946. The minimum Gasteiger partial charge on any atom is -0.497 e. The Labute approximate surface area is 120 Å². The zero-order valence-corrected chi connectivity index (χ0v) is 12.0. The Kier molecular flexibility index (Phi) is 4.41. The Balaban J connectivity index is 1.88. The number of anilines is 2. The minimum atomic E-state index is -0.290. The molecule has 106 valence electrons. The lowest BCUT2D eigenvalue weighted by molar-refractivity contribution is -0.118. The number of nitrogens with zero attached hydrogens (tertiary/aromatic N) is 1. The first-order valence-corrected chi connectivity index (χ1v) is 6.69. The molecule has 2 rings (SSSR count). The fraction of sp³-hybridized carbons (Fsp3) is 0.231. The zero-order valence-electron chi connectivity index (χ0n) is 11.2. The van der Waals surface area contributed by atoms with Gasteiger partial charge in [0.25, 0.3) is 5.91 Å². The van der Waals surface area contributed by atoms with Crippen LogP contribution < -0.4 is 20.5 Å². The van der Waals surface area contributed by atoms with Crippen molar-refractivity contribution in [3.63, 3.8) is 0 Å². The third-order valence-electron chi connectivity index (χ3n) is 2.49. The maximum absolute atomic E-state index is 11.7. The molecular weight excluding hydrogens is 278 g/mol. The van der Waals surface area contributed by atoms with E-state index < -0.39 is 0 Å². The molecule has 7 heteroatoms. The lowest BCUT2D eigenvalue weighted by Gasteiger charge is -2.07. The molecule has 1 aromatic heterocycles. The van der Waals surface area contributed by atoms with E-state index in [1.54, 1.807) is 38.3 Å². The molecule has 0 saturated heterocycles. The Morgan fingerprint density at radius 2 is 2.20 bits per heavy atom. The van der Waals surface area contributed by atoms with Crippen molar-refractivity contribution in [1.29, 1.82) is 0 Å². The van der Waals surface area contributed by atoms with Crippen LogP contribution in [0.2, 0.25) is 0 Å². The van der Waals surface area contributed by atoms with Gasteiger partial charge in [0, 0.05) is 6.07 Å². The van der Waals surface area contributed by atoms with Crippen molar-refractivity contribution >= 4 is 27.4 Å². The average molecular weight is 293 g/mol. The number of thiazole rings is 1. The summed E-state index contributed by atoms with van der Waals surface area (Å²) in [4.78, 5) is 15.8. The normalized spacial score (nSPS) is 10.1. The van der Waals surface area contributed by atoms with Gasteiger partial charge in [-0.15, -0.1) is 0 Å². The Bertz CT molecular complexity index is 593. The van der Waals surface area contributed by atoms with E-state index in [0.29, 0.717) is 27.3 Å². The van der Waals surface area contributed by atoms with Gasteiger partial charge in [0.2, 0.25) is 0 Å². The molecular formula is C13H15N3O3S. The molecule has 0 unspecified atom stereocenters. The highest BCUT2D eigenvalue weighted by Crippen LogP contribution is 2.24. The third-order valence-corrected chi connectivity index (χ3v) is 3.39. The van der Waals surface area contributed by atoms with Crippen molar-refractivity contribution in [3.05, 3.63) is 30.0 Å². The van der Waals surface area contributed by atoms with Crippen LogP contribution in [0.5, 0.6) is 11.5 Å². The number of aromatic nitrogens is 1. The van der Waals surface area contributed by atoms with E-state index in [9.17, 15) is 4.79 Å². The van der Waals surface area contributed by atoms with E-state index in [2.05, 4.69) is 10.3 Å². The Morgan fingerprint density at radius 1 is 1.45 bits per heavy atom. The summed E-state index contributed by atoms with van der Waals surface area (Å²) >= 11 is 1.23. The number of benzene rings is 1. The lowest BCUT2D eigenvalue weighted by Crippen LogP contribution is -2.20. The molecule has 0 aliphatic rings. The molecule has 20 heavy (non-hydrogen) atoms. The first-order chi connectivity index (χ1) is 9.58. The molecule has 1 aromatic carbocycles. The van der Waals surface area contributed by atoms with E-state index in [0.717, 1.165) is 0 Å². The van der Waals surface area contributed by atoms with Crippen molar-refractivity contribution < 1.29 is 14.3 Å². The number of methoxy groups -OCH3 is 1. The predicted octanol–water partition coefficient (Wildman–Crippen LogP) is 2.06. The van der Waals surface area contributed by atoms with Crippen molar-refractivity contribution in [2.24, 2.45) is 0 Å². The van der Waals surface area contributed by atoms with Crippen LogP contribution in [-0.4, -0.2) is 24.6 Å². The monoisotopic (exact) mass is 293 g/mol. The molecule has 1 heterocycles. The van der Waals surface area contributed by atoms with Crippen molar-refractivity contribution in [2.75, 3.05) is 24.8 Å². The first kappa shape index (κ1) is 14.1. The number of carbonyl (C=O) groups is 1. The smallest absolute Gasteiger partial charge is 0.264 e. The molecule has 1 amide bonds. The van der Waals surface area contributed by atoms with Gasteiger partial charge in [0.05, 0.1) is 12.8 Å². The van der Waals surface area contributed by atoms with Gasteiger partial charge < -0.3 is 15.2 Å². The van der Waals surface area contributed by atoms with Crippen LogP contribution in [0.15, 0.2) is 24.3 Å². The second kappa shape index (κ2) is 6.25. The quantitative estimate of drug-likeness (QED) is 0.881. The topological polar surface area (TPSA) is 86.5 Å². The lowest BCUT2D eigenvalue weighted by atomic mass is 10.3. The van der Waals surface area contributed by atoms with E-state index >= 15 is 0 Å². The molecule has 0 fully saturated rings. The van der Waals surface area contributed by atoms with Gasteiger partial charge in [0.1, 0.15) is 16.5 Å². The van der Waals surface area contributed by atoms with Crippen LogP contribution in [0.4, 0.5) is 10.1 Å². The van der Waals surface area contributed by atoms with Crippen LogP contribution in [0.25, 0.3) is 0 Å². The van der Waals surface area contributed by atoms with Gasteiger partial charge in [-0.2, -0.15) is 0 Å². The fourth-order valence-electron chi connectivity index (χ4n) is 1.46. The highest BCUT2D eigenvalue weighted by molar-refractivity contribution is 7.19. The number of rotatable bonds is 5. The van der Waals surface area contributed by atoms with E-state index in [1.165, 1.54) is 11.3 Å². The van der Waals surface area contributed by atoms with Gasteiger partial charge in [-0.1, -0.05) is 17.4 Å². The maximum Gasteiger partial charge on any atom is 0.264 e. The van der Waals surface area contributed by atoms with Crippen LogP contribution in [0, 0.1) is 6.92 Å².